The van der Waals surface area contributed by atoms with Crippen LogP contribution in [0.5, 0.6) is 0 Å². The van der Waals surface area contributed by atoms with Gasteiger partial charge in [0.05, 0.1) is 5.69 Å². The molecule has 1 aromatic heterocycles. The molecule has 2 N–H and O–H groups in total. The fourth-order valence-electron chi connectivity index (χ4n) is 1.000. The molecule has 0 radical (unpaired) electrons. The Morgan fingerprint density at radius 2 is 2.29 bits per heavy atom. The molecule has 0 aliphatic carbocycles. The third kappa shape index (κ3) is 4.48. The summed E-state index contributed by atoms with van der Waals surface area (Å²) in [4.78, 5) is 6.42. The Hall–Kier alpha value is -0.740. The summed E-state index contributed by atoms with van der Waals surface area (Å²) in [6, 6.07) is 3.75. The van der Waals surface area contributed by atoms with E-state index in [-0.39, 0.29) is 0 Å². The summed E-state index contributed by atoms with van der Waals surface area (Å²) in [7, 11) is 4.17. The standard InChI is InChI=1S/C10H17N3S/c1-13(2)5-6-14-8-10-7-9(11)3-4-12-10/h3-4,7H,5-6,8H2,1-2H3,(H2,11,12). The number of nitrogens with zero attached hydrogens (tertiary/aromatic N) is 2. The second-order valence-electron chi connectivity index (χ2n) is 3.44. The highest BCUT2D eigenvalue weighted by Gasteiger charge is 1.96. The van der Waals surface area contributed by atoms with E-state index in [4.69, 9.17) is 5.73 Å². The molecule has 0 saturated heterocycles. The molecular weight excluding hydrogens is 194 g/mol. The summed E-state index contributed by atoms with van der Waals surface area (Å²) >= 11 is 1.88. The van der Waals surface area contributed by atoms with Crippen molar-refractivity contribution < 1.29 is 0 Å². The van der Waals surface area contributed by atoms with Gasteiger partial charge in [0.2, 0.25) is 0 Å². The Labute approximate surface area is 89.7 Å². The lowest BCUT2D eigenvalue weighted by atomic mass is 10.3. The van der Waals surface area contributed by atoms with Crippen molar-refractivity contribution in [3.05, 3.63) is 24.0 Å². The van der Waals surface area contributed by atoms with Crippen molar-refractivity contribution >= 4 is 17.4 Å². The molecule has 1 aromatic rings. The largest absolute Gasteiger partial charge is 0.399 e. The van der Waals surface area contributed by atoms with Crippen LogP contribution in [0.1, 0.15) is 5.69 Å². The van der Waals surface area contributed by atoms with Crippen LogP contribution in [-0.4, -0.2) is 36.3 Å². The summed E-state index contributed by atoms with van der Waals surface area (Å²) in [6.45, 7) is 1.10. The van der Waals surface area contributed by atoms with Crippen molar-refractivity contribution in [1.29, 1.82) is 0 Å². The lowest BCUT2D eigenvalue weighted by Crippen LogP contribution is -2.14. The van der Waals surface area contributed by atoms with Crippen LogP contribution in [0, 0.1) is 0 Å². The lowest BCUT2D eigenvalue weighted by molar-refractivity contribution is 0.437. The van der Waals surface area contributed by atoms with Gasteiger partial charge < -0.3 is 10.6 Å². The quantitative estimate of drug-likeness (QED) is 0.749. The predicted octanol–water partition coefficient (Wildman–Crippen LogP) is 1.46. The molecule has 0 aliphatic rings. The van der Waals surface area contributed by atoms with Gasteiger partial charge >= 0.3 is 0 Å². The van der Waals surface area contributed by atoms with Crippen LogP contribution in [-0.2, 0) is 5.75 Å². The van der Waals surface area contributed by atoms with Crippen LogP contribution in [0.4, 0.5) is 5.69 Å². The average molecular weight is 211 g/mol. The molecule has 78 valence electrons. The van der Waals surface area contributed by atoms with Crippen LogP contribution < -0.4 is 5.73 Å². The molecule has 0 atom stereocenters. The first-order valence-corrected chi connectivity index (χ1v) is 5.77. The number of hydrogen-bond acceptors (Lipinski definition) is 4. The van der Waals surface area contributed by atoms with Crippen molar-refractivity contribution in [1.82, 2.24) is 9.88 Å². The van der Waals surface area contributed by atoms with E-state index in [1.807, 2.05) is 23.9 Å². The Kier molecular flexibility index (Phi) is 4.76. The highest BCUT2D eigenvalue weighted by atomic mass is 32.2. The number of aromatic nitrogens is 1. The van der Waals surface area contributed by atoms with E-state index in [9.17, 15) is 0 Å². The Morgan fingerprint density at radius 3 is 2.93 bits per heavy atom. The second-order valence-corrected chi connectivity index (χ2v) is 4.54. The zero-order chi connectivity index (χ0) is 10.4. The lowest BCUT2D eigenvalue weighted by Gasteiger charge is -2.08. The van der Waals surface area contributed by atoms with E-state index in [1.165, 1.54) is 0 Å². The maximum Gasteiger partial charge on any atom is 0.0523 e. The van der Waals surface area contributed by atoms with Crippen LogP contribution in [0.2, 0.25) is 0 Å². The van der Waals surface area contributed by atoms with E-state index in [0.29, 0.717) is 0 Å². The molecule has 3 nitrogen and oxygen atoms in total. The SMILES string of the molecule is CN(C)CCSCc1cc(N)ccn1. The van der Waals surface area contributed by atoms with Gasteiger partial charge in [-0.15, -0.1) is 0 Å². The number of thioether (sulfide) groups is 1. The third-order valence-corrected chi connectivity index (χ3v) is 2.74. The minimum absolute atomic E-state index is 0.795. The minimum Gasteiger partial charge on any atom is -0.399 e. The fraction of sp³-hybridized carbons (Fsp3) is 0.500. The van der Waals surface area contributed by atoms with Crippen LogP contribution in [0.15, 0.2) is 18.3 Å². The normalized spacial score (nSPS) is 10.8. The van der Waals surface area contributed by atoms with Gasteiger partial charge in [0.25, 0.3) is 0 Å². The van der Waals surface area contributed by atoms with Gasteiger partial charge in [0.1, 0.15) is 0 Å². The van der Waals surface area contributed by atoms with Gasteiger partial charge in [-0.3, -0.25) is 4.98 Å². The number of pyridine rings is 1. The number of nitrogens with two attached hydrogens (primary N) is 1. The average Bonchev–Trinajstić information content (AvgIpc) is 2.12. The van der Waals surface area contributed by atoms with Gasteiger partial charge in [-0.1, -0.05) is 0 Å². The molecule has 0 amide bonds. The minimum atomic E-state index is 0.795. The molecular formula is C10H17N3S. The van der Waals surface area contributed by atoms with Crippen molar-refractivity contribution in [2.75, 3.05) is 32.1 Å². The summed E-state index contributed by atoms with van der Waals surface area (Å²) in [5, 5.41) is 0. The van der Waals surface area contributed by atoms with Gasteiger partial charge in [-0.05, 0) is 26.2 Å². The summed E-state index contributed by atoms with van der Waals surface area (Å²) in [5.41, 5.74) is 7.51. The first-order chi connectivity index (χ1) is 6.68. The molecule has 0 saturated carbocycles. The van der Waals surface area contributed by atoms with Crippen LogP contribution in [0.3, 0.4) is 0 Å². The molecule has 1 rings (SSSR count). The van der Waals surface area contributed by atoms with Crippen molar-refractivity contribution in [2.24, 2.45) is 0 Å². The topological polar surface area (TPSA) is 42.1 Å². The molecule has 4 heteroatoms. The first-order valence-electron chi connectivity index (χ1n) is 4.61. The van der Waals surface area contributed by atoms with E-state index < -0.39 is 0 Å². The van der Waals surface area contributed by atoms with Gasteiger partial charge in [0, 0.05) is 29.9 Å². The molecule has 0 aromatic carbocycles. The highest BCUT2D eigenvalue weighted by Crippen LogP contribution is 2.11. The monoisotopic (exact) mass is 211 g/mol. The van der Waals surface area contributed by atoms with Crippen molar-refractivity contribution in [2.45, 2.75) is 5.75 Å². The van der Waals surface area contributed by atoms with Crippen LogP contribution >= 0.6 is 11.8 Å². The van der Waals surface area contributed by atoms with Gasteiger partial charge in [-0.2, -0.15) is 11.8 Å². The summed E-state index contributed by atoms with van der Waals surface area (Å²) < 4.78 is 0. The maximum atomic E-state index is 5.65. The maximum absolute atomic E-state index is 5.65. The van der Waals surface area contributed by atoms with E-state index in [1.54, 1.807) is 6.20 Å². The Morgan fingerprint density at radius 1 is 1.50 bits per heavy atom. The van der Waals surface area contributed by atoms with E-state index in [2.05, 4.69) is 24.0 Å². The van der Waals surface area contributed by atoms with Crippen molar-refractivity contribution in [3.63, 3.8) is 0 Å². The zero-order valence-electron chi connectivity index (χ0n) is 8.73. The molecule has 0 aliphatic heterocycles. The Bertz CT molecular complexity index is 276. The van der Waals surface area contributed by atoms with E-state index >= 15 is 0 Å². The highest BCUT2D eigenvalue weighted by molar-refractivity contribution is 7.98. The molecule has 0 fully saturated rings. The summed E-state index contributed by atoms with van der Waals surface area (Å²) in [5.74, 6) is 2.07. The number of hydrogen-bond donors (Lipinski definition) is 1. The van der Waals surface area contributed by atoms with Crippen molar-refractivity contribution in [3.8, 4) is 0 Å². The van der Waals surface area contributed by atoms with Gasteiger partial charge in [0.15, 0.2) is 0 Å². The van der Waals surface area contributed by atoms with Gasteiger partial charge in [-0.25, -0.2) is 0 Å². The third-order valence-electron chi connectivity index (χ3n) is 1.77. The molecule has 0 bridgehead atoms. The predicted molar refractivity (Wildman–Crippen MR) is 63.4 cm³/mol. The molecule has 0 unspecified atom stereocenters. The van der Waals surface area contributed by atoms with E-state index in [0.717, 1.165) is 29.4 Å². The smallest absolute Gasteiger partial charge is 0.0523 e. The second kappa shape index (κ2) is 5.88. The first kappa shape index (κ1) is 11.3. The summed E-state index contributed by atoms with van der Waals surface area (Å²) in [6.07, 6.45) is 1.76. The Balaban J connectivity index is 2.25. The number of nitrogen functional groups attached to an aromatic ring is 1. The zero-order valence-corrected chi connectivity index (χ0v) is 9.55. The molecule has 1 heterocycles. The van der Waals surface area contributed by atoms with Crippen LogP contribution in [0.25, 0.3) is 0 Å². The molecule has 14 heavy (non-hydrogen) atoms. The molecule has 0 spiro atoms. The fourth-order valence-corrected chi connectivity index (χ4v) is 2.01. The number of rotatable bonds is 5. The number of anilines is 1.